The van der Waals surface area contributed by atoms with Gasteiger partial charge in [0.2, 0.25) is 0 Å². The summed E-state index contributed by atoms with van der Waals surface area (Å²) in [6.45, 7) is 4.22. The van der Waals surface area contributed by atoms with Gasteiger partial charge < -0.3 is 15.0 Å². The maximum atomic E-state index is 4.55. The van der Waals surface area contributed by atoms with Crippen LogP contribution in [0, 0.1) is 13.8 Å². The number of aromatic amines is 3. The van der Waals surface area contributed by atoms with Crippen molar-refractivity contribution in [2.45, 2.75) is 90.9 Å². The predicted octanol–water partition coefficient (Wildman–Crippen LogP) is 22.2. The molecule has 0 radical (unpaired) electrons. The Bertz CT molecular complexity index is 6120. The number of H-pyrrole nitrogens is 3. The summed E-state index contributed by atoms with van der Waals surface area (Å²) in [7, 11) is 0. The minimum atomic E-state index is 0.851. The third-order valence-corrected chi connectivity index (χ3v) is 21.2. The van der Waals surface area contributed by atoms with Crippen LogP contribution in [0.15, 0.2) is 335 Å². The molecule has 8 heterocycles. The van der Waals surface area contributed by atoms with Crippen LogP contribution >= 0.6 is 0 Å². The third kappa shape index (κ3) is 20.9. The van der Waals surface area contributed by atoms with Crippen molar-refractivity contribution in [2.24, 2.45) is 0 Å². The zero-order valence-corrected chi connectivity index (χ0v) is 65.8. The van der Waals surface area contributed by atoms with Crippen molar-refractivity contribution in [3.63, 3.8) is 0 Å². The van der Waals surface area contributed by atoms with Crippen LogP contribution in [0.1, 0.15) is 90.3 Å². The van der Waals surface area contributed by atoms with Crippen LogP contribution in [0.3, 0.4) is 0 Å². The van der Waals surface area contributed by atoms with Crippen molar-refractivity contribution in [3.05, 3.63) is 426 Å². The Morgan fingerprint density at radius 3 is 0.906 bits per heavy atom. The van der Waals surface area contributed by atoms with E-state index in [-0.39, 0.29) is 0 Å². The molecular weight excluding hydrogens is 1430 g/mol. The topological polar surface area (TPSA) is 189 Å². The zero-order valence-electron chi connectivity index (χ0n) is 65.8. The summed E-state index contributed by atoms with van der Waals surface area (Å²) < 4.78 is 0. The summed E-state index contributed by atoms with van der Waals surface area (Å²) in [5.74, 6) is 4.46. The summed E-state index contributed by atoms with van der Waals surface area (Å²) in [5, 5.41) is 2.41. The Morgan fingerprint density at radius 1 is 0.248 bits per heavy atom. The molecular formula is C103H90N14. The molecule has 0 saturated heterocycles. The highest BCUT2D eigenvalue weighted by atomic mass is 14.9. The molecule has 14 nitrogen and oxygen atoms in total. The van der Waals surface area contributed by atoms with Crippen LogP contribution < -0.4 is 0 Å². The van der Waals surface area contributed by atoms with E-state index in [1.54, 1.807) is 6.33 Å². The molecule has 0 spiro atoms. The van der Waals surface area contributed by atoms with Gasteiger partial charge in [-0.2, -0.15) is 0 Å². The van der Waals surface area contributed by atoms with Crippen LogP contribution in [0.2, 0.25) is 0 Å². The number of aromatic nitrogens is 14. The maximum Gasteiger partial charge on any atom is 0.128 e. The molecule has 0 aliphatic heterocycles. The Kier molecular flexibility index (Phi) is 24.9. The van der Waals surface area contributed by atoms with E-state index in [0.717, 1.165) is 173 Å². The van der Waals surface area contributed by atoms with E-state index < -0.39 is 0 Å². The lowest BCUT2D eigenvalue weighted by Gasteiger charge is -2.06. The molecule has 8 aromatic heterocycles. The Hall–Kier alpha value is -14.4. The number of benzene rings is 10. The lowest BCUT2D eigenvalue weighted by Crippen LogP contribution is -1.98. The lowest BCUT2D eigenvalue weighted by molar-refractivity contribution is 0.858. The van der Waals surface area contributed by atoms with Crippen molar-refractivity contribution < 1.29 is 0 Å². The van der Waals surface area contributed by atoms with Gasteiger partial charge in [-0.15, -0.1) is 0 Å². The number of nitrogens with one attached hydrogen (secondary N) is 3. The summed E-state index contributed by atoms with van der Waals surface area (Å²) in [6, 6.07) is 84.8. The first-order valence-corrected chi connectivity index (χ1v) is 40.2. The number of nitrogens with zero attached hydrogens (tertiary/aromatic N) is 11. The summed E-state index contributed by atoms with van der Waals surface area (Å²) in [5.41, 5.74) is 30.0. The molecule has 20 rings (SSSR count). The Balaban J connectivity index is 0.000000110. The molecule has 18 aromatic rings. The molecule has 0 bridgehead atoms. The quantitative estimate of drug-likeness (QED) is 0.0658. The van der Waals surface area contributed by atoms with E-state index in [9.17, 15) is 0 Å². The monoisotopic (exact) mass is 1520 g/mol. The van der Waals surface area contributed by atoms with Crippen LogP contribution in [-0.4, -0.2) is 69.8 Å². The molecule has 10 aromatic carbocycles. The van der Waals surface area contributed by atoms with Gasteiger partial charge in [-0.25, -0.2) is 54.8 Å². The zero-order chi connectivity index (χ0) is 79.2. The predicted molar refractivity (Wildman–Crippen MR) is 475 cm³/mol. The van der Waals surface area contributed by atoms with Crippen molar-refractivity contribution in [1.82, 2.24) is 69.8 Å². The standard InChI is InChI=1S/C22H20N2.C21H19N3.C21H18N2.C20H17N3.C19H16N4/c1-16-5-7-17(8-6-16)9-12-22-23-14-21(15-24-22)20-11-10-18-3-2-4-19(18)13-20;1-15-2-4-16(5-3-15)6-9-21-23-13-19(14-24-21)17-7-8-20-18(12-17)10-11-22-20;1-2-5-16(6-3-1)9-12-21-22-14-20(15-23-21)19-11-10-17-7-4-8-18(17)13-19;1-2-4-15(5-3-1)6-9-20-22-13-18(14-23-20)16-7-8-19-17(12-16)10-11-21-19;1-2-4-14(5-3-1)6-9-19-20-11-16(12-21-19)15-7-8-17-18(10-15)23-13-22-17/h2-3,5-8,10-11,13-15H,4,9,12H2,1H3;2-5,7-8,10-14,22H,6,9H2,1H3;1-7,10-11,13-15H,8-9,12H2;1-5,7-8,10-14,21H,6,9H2;1-5,7-8,10-13H,6,9H2,(H,22,23). The third-order valence-electron chi connectivity index (χ3n) is 21.2. The highest BCUT2D eigenvalue weighted by Crippen LogP contribution is 2.31. The number of hydrogen-bond donors (Lipinski definition) is 3. The summed E-state index contributed by atoms with van der Waals surface area (Å²) in [6.07, 6.45) is 44.9. The molecule has 0 fully saturated rings. The molecule has 2 aliphatic rings. The van der Waals surface area contributed by atoms with Gasteiger partial charge in [0.25, 0.3) is 0 Å². The minimum Gasteiger partial charge on any atom is -0.361 e. The fourth-order valence-corrected chi connectivity index (χ4v) is 14.3. The molecule has 3 N–H and O–H groups in total. The lowest BCUT2D eigenvalue weighted by atomic mass is 10.0. The second kappa shape index (κ2) is 38.0. The van der Waals surface area contributed by atoms with Crippen molar-refractivity contribution in [3.8, 4) is 55.6 Å². The van der Waals surface area contributed by atoms with E-state index in [0.29, 0.717) is 0 Å². The Morgan fingerprint density at radius 2 is 0.556 bits per heavy atom. The van der Waals surface area contributed by atoms with E-state index in [1.807, 2.05) is 105 Å². The average Bonchev–Trinajstić information content (AvgIpc) is 1.79. The van der Waals surface area contributed by atoms with Gasteiger partial charge in [0.15, 0.2) is 0 Å². The SMILES string of the molecule is C1=Cc2ccc(-c3cnc(CCc4ccccc4)nc3)cc2C1.Cc1ccc(CCc2ncc(-c3ccc4[nH]ccc4c3)cn2)cc1.Cc1ccc(CCc2ncc(-c3ccc4c(c3)CC=C4)cn2)cc1.c1ccc(CCc2ncc(-c3ccc4[nH]ccc4c3)cn2)cc1.c1ccc(CCc2ncc(-c3ccc4nc[nH]c4c3)cn2)cc1. The fourth-order valence-electron chi connectivity index (χ4n) is 14.3. The van der Waals surface area contributed by atoms with Crippen LogP contribution in [-0.2, 0) is 77.0 Å². The first-order chi connectivity index (χ1) is 57.7. The summed E-state index contributed by atoms with van der Waals surface area (Å²) in [4.78, 5) is 59.1. The fraction of sp³-hybridized carbons (Fsp3) is 0.136. The average molecular weight is 1520 g/mol. The van der Waals surface area contributed by atoms with Gasteiger partial charge in [0.05, 0.1) is 17.4 Å². The largest absolute Gasteiger partial charge is 0.361 e. The molecule has 572 valence electrons. The van der Waals surface area contributed by atoms with E-state index in [2.05, 4.69) is 320 Å². The van der Waals surface area contributed by atoms with Gasteiger partial charge in [0, 0.05) is 145 Å². The van der Waals surface area contributed by atoms with Crippen LogP contribution in [0.25, 0.3) is 101 Å². The smallest absolute Gasteiger partial charge is 0.128 e. The molecule has 2 aliphatic carbocycles. The maximum absolute atomic E-state index is 4.55. The highest BCUT2D eigenvalue weighted by molar-refractivity contribution is 5.86. The van der Waals surface area contributed by atoms with Crippen molar-refractivity contribution in [1.29, 1.82) is 0 Å². The van der Waals surface area contributed by atoms with Crippen molar-refractivity contribution >= 4 is 45.0 Å². The molecule has 117 heavy (non-hydrogen) atoms. The number of aryl methyl sites for hydroxylation is 12. The van der Waals surface area contributed by atoms with E-state index in [4.69, 9.17) is 0 Å². The number of allylic oxidation sites excluding steroid dienone is 2. The van der Waals surface area contributed by atoms with Gasteiger partial charge in [-0.1, -0.05) is 230 Å². The van der Waals surface area contributed by atoms with E-state index >= 15 is 0 Å². The normalized spacial score (nSPS) is 11.5. The summed E-state index contributed by atoms with van der Waals surface area (Å²) >= 11 is 0. The van der Waals surface area contributed by atoms with Crippen LogP contribution in [0.5, 0.6) is 0 Å². The van der Waals surface area contributed by atoms with Crippen molar-refractivity contribution in [2.75, 3.05) is 0 Å². The molecule has 14 heteroatoms. The molecule has 0 atom stereocenters. The first-order valence-electron chi connectivity index (χ1n) is 40.2. The number of rotatable bonds is 20. The Labute approximate surface area is 683 Å². The molecule has 0 amide bonds. The van der Waals surface area contributed by atoms with Gasteiger partial charge in [-0.05, 0) is 196 Å². The first kappa shape index (κ1) is 76.6. The van der Waals surface area contributed by atoms with Crippen LogP contribution in [0.4, 0.5) is 0 Å². The van der Waals surface area contributed by atoms with Gasteiger partial charge in [0.1, 0.15) is 29.1 Å². The van der Waals surface area contributed by atoms with E-state index in [1.165, 1.54) is 83.1 Å². The van der Waals surface area contributed by atoms with Gasteiger partial charge >= 0.3 is 0 Å². The number of hydrogen-bond acceptors (Lipinski definition) is 11. The highest BCUT2D eigenvalue weighted by Gasteiger charge is 2.13. The van der Waals surface area contributed by atoms with Gasteiger partial charge in [-0.3, -0.25) is 0 Å². The number of fused-ring (bicyclic) bond motifs is 5. The minimum absolute atomic E-state index is 0.851. The molecule has 0 saturated carbocycles. The molecule has 0 unspecified atom stereocenters. The number of imidazole rings is 1. The second-order valence-corrected chi connectivity index (χ2v) is 29.6. The second-order valence-electron chi connectivity index (χ2n) is 29.6.